The first-order valence-corrected chi connectivity index (χ1v) is 7.58. The Labute approximate surface area is 118 Å². The Morgan fingerprint density at radius 3 is 2.35 bits per heavy atom. The minimum Gasteiger partial charge on any atom is -0.409 e. The maximum atomic E-state index is 13.0. The molecule has 2 unspecified atom stereocenters. The van der Waals surface area contributed by atoms with Crippen LogP contribution in [0.2, 0.25) is 0 Å². The first-order chi connectivity index (χ1) is 9.65. The normalized spacial score (nSPS) is 33.2. The molecule has 2 bridgehead atoms. The lowest BCUT2D eigenvalue weighted by atomic mass is 9.72. The topological polar surface area (TPSA) is 88.2 Å². The van der Waals surface area contributed by atoms with Gasteiger partial charge in [0, 0.05) is 13.1 Å². The lowest BCUT2D eigenvalue weighted by molar-refractivity contribution is -0.148. The number of likely N-dealkylation sites (tertiary alicyclic amines) is 1. The molecular weight excluding hydrogens is 258 g/mol. The number of oxime groups is 1. The molecule has 0 aromatic carbocycles. The van der Waals surface area contributed by atoms with Crippen molar-refractivity contribution < 1.29 is 14.7 Å². The summed E-state index contributed by atoms with van der Waals surface area (Å²) < 4.78 is 5.78. The quantitative estimate of drug-likeness (QED) is 0.343. The number of carbonyl (C=O) groups is 1. The lowest BCUT2D eigenvalue weighted by Crippen LogP contribution is -2.56. The Morgan fingerprint density at radius 1 is 1.20 bits per heavy atom. The summed E-state index contributed by atoms with van der Waals surface area (Å²) >= 11 is 0. The van der Waals surface area contributed by atoms with Crippen LogP contribution in [0.25, 0.3) is 0 Å². The monoisotopic (exact) mass is 281 g/mol. The van der Waals surface area contributed by atoms with Crippen LogP contribution in [0.5, 0.6) is 0 Å². The van der Waals surface area contributed by atoms with Crippen LogP contribution < -0.4 is 5.73 Å². The molecule has 0 aromatic heterocycles. The van der Waals surface area contributed by atoms with Crippen LogP contribution in [0.1, 0.15) is 44.9 Å². The Balaban J connectivity index is 1.82. The molecule has 6 heteroatoms. The van der Waals surface area contributed by atoms with Crippen molar-refractivity contribution >= 4 is 11.7 Å². The predicted octanol–water partition coefficient (Wildman–Crippen LogP) is 1.07. The van der Waals surface area contributed by atoms with Gasteiger partial charge in [0.15, 0.2) is 5.84 Å². The largest absolute Gasteiger partial charge is 0.409 e. The molecule has 6 nitrogen and oxygen atoms in total. The average molecular weight is 281 g/mol. The number of morpholine rings is 1. The van der Waals surface area contributed by atoms with Gasteiger partial charge in [0.25, 0.3) is 0 Å². The Bertz CT molecular complexity index is 406. The van der Waals surface area contributed by atoms with Crippen molar-refractivity contribution in [2.45, 2.75) is 57.2 Å². The summed E-state index contributed by atoms with van der Waals surface area (Å²) in [4.78, 5) is 14.9. The molecule has 1 aliphatic carbocycles. The number of hydrogen-bond acceptors (Lipinski definition) is 4. The molecule has 0 spiro atoms. The molecule has 3 aliphatic rings. The van der Waals surface area contributed by atoms with Crippen LogP contribution in [-0.4, -0.2) is 47.1 Å². The number of nitrogens with zero attached hydrogens (tertiary/aromatic N) is 2. The van der Waals surface area contributed by atoms with Gasteiger partial charge in [0.2, 0.25) is 5.91 Å². The number of fused-ring (bicyclic) bond motifs is 2. The van der Waals surface area contributed by atoms with Crippen LogP contribution in [0, 0.1) is 5.41 Å². The maximum absolute atomic E-state index is 13.0. The van der Waals surface area contributed by atoms with Crippen molar-refractivity contribution in [3.05, 3.63) is 0 Å². The standard InChI is InChI=1S/C14H23N3O3/c15-12(16-19)14(6-2-1-3-7-14)13(18)17-8-10-4-5-11(9-17)20-10/h10-11,19H,1-9H2,(H2,15,16). The molecule has 2 aliphatic heterocycles. The summed E-state index contributed by atoms with van der Waals surface area (Å²) in [7, 11) is 0. The number of carbonyl (C=O) groups excluding carboxylic acids is 1. The number of ether oxygens (including phenoxy) is 1. The smallest absolute Gasteiger partial charge is 0.236 e. The van der Waals surface area contributed by atoms with Gasteiger partial charge in [-0.25, -0.2) is 0 Å². The summed E-state index contributed by atoms with van der Waals surface area (Å²) in [6.45, 7) is 1.30. The minimum absolute atomic E-state index is 0.0349. The summed E-state index contributed by atoms with van der Waals surface area (Å²) in [5, 5.41) is 12.3. The average Bonchev–Trinajstić information content (AvgIpc) is 2.84. The zero-order chi connectivity index (χ0) is 14.2. The second-order valence-corrected chi connectivity index (χ2v) is 6.30. The van der Waals surface area contributed by atoms with Gasteiger partial charge in [0.05, 0.1) is 12.2 Å². The number of amidine groups is 1. The molecule has 112 valence electrons. The van der Waals surface area contributed by atoms with Gasteiger partial charge in [-0.15, -0.1) is 0 Å². The Hall–Kier alpha value is -1.30. The summed E-state index contributed by atoms with van der Waals surface area (Å²) in [5.74, 6) is 0.119. The van der Waals surface area contributed by atoms with Crippen LogP contribution in [-0.2, 0) is 9.53 Å². The third-order valence-corrected chi connectivity index (χ3v) is 5.05. The molecule has 0 aromatic rings. The molecule has 2 heterocycles. The van der Waals surface area contributed by atoms with E-state index in [4.69, 9.17) is 15.7 Å². The SMILES string of the molecule is NC(=NO)C1(C(=O)N2CC3CCC(C2)O3)CCCCC1. The van der Waals surface area contributed by atoms with E-state index in [0.29, 0.717) is 25.9 Å². The van der Waals surface area contributed by atoms with Crippen molar-refractivity contribution in [3.63, 3.8) is 0 Å². The summed E-state index contributed by atoms with van der Waals surface area (Å²) in [6, 6.07) is 0. The number of hydrogen-bond donors (Lipinski definition) is 2. The lowest BCUT2D eigenvalue weighted by Gasteiger charge is -2.41. The zero-order valence-corrected chi connectivity index (χ0v) is 11.8. The van der Waals surface area contributed by atoms with Crippen molar-refractivity contribution in [1.29, 1.82) is 0 Å². The van der Waals surface area contributed by atoms with Gasteiger partial charge in [-0.3, -0.25) is 4.79 Å². The number of amides is 1. The molecule has 20 heavy (non-hydrogen) atoms. The van der Waals surface area contributed by atoms with Gasteiger partial charge < -0.3 is 20.6 Å². The van der Waals surface area contributed by atoms with Gasteiger partial charge in [-0.1, -0.05) is 24.4 Å². The van der Waals surface area contributed by atoms with Crippen LogP contribution in [0.4, 0.5) is 0 Å². The van der Waals surface area contributed by atoms with E-state index >= 15 is 0 Å². The van der Waals surface area contributed by atoms with E-state index in [9.17, 15) is 4.79 Å². The highest BCUT2D eigenvalue weighted by Crippen LogP contribution is 2.39. The highest BCUT2D eigenvalue weighted by atomic mass is 16.5. The maximum Gasteiger partial charge on any atom is 0.236 e. The molecule has 1 saturated carbocycles. The van der Waals surface area contributed by atoms with E-state index in [-0.39, 0.29) is 24.0 Å². The summed E-state index contributed by atoms with van der Waals surface area (Å²) in [6.07, 6.45) is 6.82. The van der Waals surface area contributed by atoms with Crippen molar-refractivity contribution in [2.75, 3.05) is 13.1 Å². The van der Waals surface area contributed by atoms with Crippen molar-refractivity contribution in [3.8, 4) is 0 Å². The molecule has 3 fully saturated rings. The first-order valence-electron chi connectivity index (χ1n) is 7.58. The number of nitrogens with two attached hydrogens (primary N) is 1. The highest BCUT2D eigenvalue weighted by molar-refractivity contribution is 6.06. The molecule has 3 rings (SSSR count). The molecule has 0 radical (unpaired) electrons. The van der Waals surface area contributed by atoms with Crippen LogP contribution in [0.15, 0.2) is 5.16 Å². The third-order valence-electron chi connectivity index (χ3n) is 5.05. The van der Waals surface area contributed by atoms with E-state index in [0.717, 1.165) is 32.1 Å². The number of rotatable bonds is 2. The molecule has 2 saturated heterocycles. The van der Waals surface area contributed by atoms with Gasteiger partial charge in [-0.05, 0) is 25.7 Å². The third kappa shape index (κ3) is 2.16. The molecular formula is C14H23N3O3. The molecule has 2 atom stereocenters. The van der Waals surface area contributed by atoms with Gasteiger partial charge >= 0.3 is 0 Å². The van der Waals surface area contributed by atoms with Crippen LogP contribution in [0.3, 0.4) is 0 Å². The fraction of sp³-hybridized carbons (Fsp3) is 0.857. The van der Waals surface area contributed by atoms with Crippen molar-refractivity contribution in [1.82, 2.24) is 4.90 Å². The van der Waals surface area contributed by atoms with E-state index in [1.807, 2.05) is 4.90 Å². The second-order valence-electron chi connectivity index (χ2n) is 6.30. The molecule has 1 amide bonds. The van der Waals surface area contributed by atoms with Crippen molar-refractivity contribution in [2.24, 2.45) is 16.3 Å². The Kier molecular flexibility index (Phi) is 3.58. The highest BCUT2D eigenvalue weighted by Gasteiger charge is 2.48. The summed E-state index contributed by atoms with van der Waals surface area (Å²) in [5.41, 5.74) is 5.11. The zero-order valence-electron chi connectivity index (χ0n) is 11.8. The van der Waals surface area contributed by atoms with E-state index in [2.05, 4.69) is 5.16 Å². The fourth-order valence-corrected chi connectivity index (χ4v) is 3.91. The van der Waals surface area contributed by atoms with E-state index < -0.39 is 5.41 Å². The minimum atomic E-state index is -0.788. The second kappa shape index (κ2) is 5.24. The predicted molar refractivity (Wildman–Crippen MR) is 73.4 cm³/mol. The fourth-order valence-electron chi connectivity index (χ4n) is 3.91. The molecule has 3 N–H and O–H groups in total. The Morgan fingerprint density at radius 2 is 1.80 bits per heavy atom. The van der Waals surface area contributed by atoms with E-state index in [1.165, 1.54) is 0 Å². The van der Waals surface area contributed by atoms with Gasteiger partial charge in [0.1, 0.15) is 5.41 Å². The van der Waals surface area contributed by atoms with Gasteiger partial charge in [-0.2, -0.15) is 0 Å². The first kappa shape index (κ1) is 13.7. The van der Waals surface area contributed by atoms with Crippen LogP contribution >= 0.6 is 0 Å². The van der Waals surface area contributed by atoms with E-state index in [1.54, 1.807) is 0 Å².